The van der Waals surface area contributed by atoms with Crippen LogP contribution in [0.3, 0.4) is 0 Å². The largest absolute Gasteiger partial charge is 0.422 e. The summed E-state index contributed by atoms with van der Waals surface area (Å²) in [6.07, 6.45) is 0. The summed E-state index contributed by atoms with van der Waals surface area (Å²) in [7, 11) is -5.66. The molecule has 2 aromatic carbocycles. The zero-order valence-corrected chi connectivity index (χ0v) is 17.6. The predicted molar refractivity (Wildman–Crippen MR) is 101 cm³/mol. The monoisotopic (exact) mass is 560 g/mol. The number of halogens is 5. The highest BCUT2D eigenvalue weighted by Crippen LogP contribution is 2.33. The molecule has 0 fully saturated rings. The third kappa shape index (κ3) is 4.79. The first-order valence-electron chi connectivity index (χ1n) is 7.48. The topological polar surface area (TPSA) is 107 Å². The minimum Gasteiger partial charge on any atom is -0.422 e. The molecule has 0 amide bonds. The van der Waals surface area contributed by atoms with Gasteiger partial charge in [0.05, 0.1) is 9.13 Å². The van der Waals surface area contributed by atoms with Crippen LogP contribution in [0.25, 0.3) is 0 Å². The second-order valence-corrected chi connectivity index (χ2v) is 8.11. The van der Waals surface area contributed by atoms with E-state index in [4.69, 9.17) is 9.29 Å². The first-order chi connectivity index (χ1) is 13.8. The van der Waals surface area contributed by atoms with Crippen molar-refractivity contribution in [3.8, 4) is 11.5 Å². The fraction of sp³-hybridized carbons (Fsp3) is 0.0588. The molecule has 0 heterocycles. The van der Waals surface area contributed by atoms with Crippen LogP contribution in [0.15, 0.2) is 35.2 Å². The van der Waals surface area contributed by atoms with Crippen LogP contribution < -0.4 is 9.47 Å². The van der Waals surface area contributed by atoms with Crippen LogP contribution in [-0.2, 0) is 14.9 Å². The third-order valence-electron chi connectivity index (χ3n) is 3.35. The molecule has 0 spiro atoms. The van der Waals surface area contributed by atoms with Gasteiger partial charge in [-0.05, 0) is 47.7 Å². The lowest BCUT2D eigenvalue weighted by Crippen LogP contribution is -2.16. The van der Waals surface area contributed by atoms with Crippen molar-refractivity contribution in [3.63, 3.8) is 0 Å². The van der Waals surface area contributed by atoms with Gasteiger partial charge >= 0.3 is 22.1 Å². The number of benzene rings is 2. The van der Waals surface area contributed by atoms with E-state index in [2.05, 4.69) is 11.3 Å². The highest BCUT2D eigenvalue weighted by Gasteiger charge is 2.34. The predicted octanol–water partition coefficient (Wildman–Crippen LogP) is 3.80. The first kappa shape index (κ1) is 23.8. The van der Waals surface area contributed by atoms with Gasteiger partial charge in [-0.15, -0.1) is 0 Å². The minimum atomic E-state index is -5.66. The number of rotatable bonds is 5. The van der Waals surface area contributed by atoms with Crippen LogP contribution in [0, 0.1) is 26.8 Å². The van der Waals surface area contributed by atoms with E-state index in [1.807, 2.05) is 0 Å². The quantitative estimate of drug-likeness (QED) is 0.113. The van der Waals surface area contributed by atoms with Crippen LogP contribution >= 0.6 is 22.6 Å². The Balaban J connectivity index is 2.47. The van der Waals surface area contributed by atoms with Gasteiger partial charge in [0.15, 0.2) is 16.5 Å². The van der Waals surface area contributed by atoms with E-state index in [9.17, 15) is 35.6 Å². The number of ether oxygens (including phenoxy) is 2. The van der Waals surface area contributed by atoms with Crippen LogP contribution in [0.2, 0.25) is 0 Å². The van der Waals surface area contributed by atoms with Gasteiger partial charge in [0.2, 0.25) is 17.4 Å². The van der Waals surface area contributed by atoms with Crippen molar-refractivity contribution in [2.24, 2.45) is 0 Å². The summed E-state index contributed by atoms with van der Waals surface area (Å²) in [4.78, 5) is 21.5. The average Bonchev–Trinajstić information content (AvgIpc) is 2.64. The number of hydrogen-bond donors (Lipinski definition) is 1. The molecule has 0 aliphatic rings. The molecule has 13 heteroatoms. The normalized spacial score (nSPS) is 11.2. The Hall–Kier alpha value is -2.52. The van der Waals surface area contributed by atoms with E-state index in [1.54, 1.807) is 22.6 Å². The van der Waals surface area contributed by atoms with Gasteiger partial charge in [-0.3, -0.25) is 4.55 Å². The second-order valence-electron chi connectivity index (χ2n) is 5.59. The van der Waals surface area contributed by atoms with E-state index in [0.29, 0.717) is 3.57 Å². The van der Waals surface area contributed by atoms with Gasteiger partial charge in [0.1, 0.15) is 5.75 Å². The summed E-state index contributed by atoms with van der Waals surface area (Å²) in [6.45, 7) is 4.73. The standard InChI is InChI=1S/C17H9F4IO7S/c1-6(2)16(23)28-9-5-7(3-4-8(9)22)17(24)29-14-10(18)12(20)15(30(25,26)27)13(21)11(14)19/h3-5H,1H2,2H3,(H,25,26,27). The van der Waals surface area contributed by atoms with E-state index in [-0.39, 0.29) is 11.3 Å². The Morgan fingerprint density at radius 2 is 1.57 bits per heavy atom. The molecule has 2 rings (SSSR count). The van der Waals surface area contributed by atoms with Gasteiger partial charge in [0, 0.05) is 5.57 Å². The number of carbonyl (C=O) groups is 2. The molecule has 0 aliphatic heterocycles. The van der Waals surface area contributed by atoms with Crippen molar-refractivity contribution >= 4 is 44.6 Å². The number of carbonyl (C=O) groups excluding carboxylic acids is 2. The fourth-order valence-corrected chi connectivity index (χ4v) is 3.03. The Bertz CT molecular complexity index is 1170. The molecule has 0 saturated heterocycles. The molecule has 0 radical (unpaired) electrons. The summed E-state index contributed by atoms with van der Waals surface area (Å²) in [5.74, 6) is -14.1. The van der Waals surface area contributed by atoms with E-state index in [0.717, 1.165) is 12.1 Å². The minimum absolute atomic E-state index is 0.0350. The molecule has 0 unspecified atom stereocenters. The lowest BCUT2D eigenvalue weighted by Gasteiger charge is -2.12. The maximum Gasteiger partial charge on any atom is 0.343 e. The van der Waals surface area contributed by atoms with E-state index >= 15 is 0 Å². The maximum atomic E-state index is 14.0. The summed E-state index contributed by atoms with van der Waals surface area (Å²) in [5, 5.41) is 0. The van der Waals surface area contributed by atoms with Gasteiger partial charge in [-0.2, -0.15) is 17.2 Å². The zero-order chi connectivity index (χ0) is 23.0. The summed E-state index contributed by atoms with van der Waals surface area (Å²) in [5.41, 5.74) is -0.397. The van der Waals surface area contributed by atoms with Gasteiger partial charge in [-0.1, -0.05) is 6.58 Å². The molecule has 0 saturated carbocycles. The maximum absolute atomic E-state index is 14.0. The van der Waals surface area contributed by atoms with Crippen LogP contribution in [-0.4, -0.2) is 24.9 Å². The molecular formula is C17H9F4IO7S. The van der Waals surface area contributed by atoms with Crippen molar-refractivity contribution in [1.82, 2.24) is 0 Å². The molecule has 30 heavy (non-hydrogen) atoms. The summed E-state index contributed by atoms with van der Waals surface area (Å²) in [6, 6.07) is 3.32. The highest BCUT2D eigenvalue weighted by atomic mass is 127. The Kier molecular flexibility index (Phi) is 6.88. The van der Waals surface area contributed by atoms with Crippen molar-refractivity contribution in [1.29, 1.82) is 0 Å². The van der Waals surface area contributed by atoms with E-state index in [1.165, 1.54) is 13.0 Å². The summed E-state index contributed by atoms with van der Waals surface area (Å²) < 4.78 is 95.8. The van der Waals surface area contributed by atoms with Crippen molar-refractivity contribution in [3.05, 3.63) is 62.8 Å². The van der Waals surface area contributed by atoms with Crippen molar-refractivity contribution in [2.45, 2.75) is 11.8 Å². The van der Waals surface area contributed by atoms with Crippen molar-refractivity contribution in [2.75, 3.05) is 0 Å². The molecule has 160 valence electrons. The number of esters is 2. The Morgan fingerprint density at radius 1 is 1.03 bits per heavy atom. The average molecular weight is 560 g/mol. The zero-order valence-electron chi connectivity index (χ0n) is 14.6. The SMILES string of the molecule is C=C(C)C(=O)Oc1cc(C(=O)Oc2c(F)c(F)c(S(=O)(=O)O)c(F)c2F)ccc1I. The Labute approximate surface area is 180 Å². The third-order valence-corrected chi connectivity index (χ3v) is 5.12. The molecule has 0 atom stereocenters. The number of hydrogen-bond acceptors (Lipinski definition) is 6. The van der Waals surface area contributed by atoms with Crippen LogP contribution in [0.5, 0.6) is 11.5 Å². The molecule has 7 nitrogen and oxygen atoms in total. The van der Waals surface area contributed by atoms with Crippen LogP contribution in [0.4, 0.5) is 17.6 Å². The molecule has 0 bridgehead atoms. The van der Waals surface area contributed by atoms with Gasteiger partial charge in [-0.25, -0.2) is 18.4 Å². The second kappa shape index (κ2) is 8.69. The highest BCUT2D eigenvalue weighted by molar-refractivity contribution is 14.1. The van der Waals surface area contributed by atoms with Crippen molar-refractivity contribution < 1.29 is 49.6 Å². The molecule has 2 aromatic rings. The molecule has 0 aromatic heterocycles. The molecule has 1 N–H and O–H groups in total. The lowest BCUT2D eigenvalue weighted by molar-refractivity contribution is -0.130. The van der Waals surface area contributed by atoms with Gasteiger partial charge < -0.3 is 9.47 Å². The first-order valence-corrected chi connectivity index (χ1v) is 10.0. The van der Waals surface area contributed by atoms with Gasteiger partial charge in [0.25, 0.3) is 0 Å². The molecular weight excluding hydrogens is 551 g/mol. The van der Waals surface area contributed by atoms with E-state index < -0.39 is 61.5 Å². The smallest absolute Gasteiger partial charge is 0.343 e. The summed E-state index contributed by atoms with van der Waals surface area (Å²) >= 11 is 1.75. The fourth-order valence-electron chi connectivity index (χ4n) is 1.95. The Morgan fingerprint density at radius 3 is 2.03 bits per heavy atom. The van der Waals surface area contributed by atoms with Crippen LogP contribution in [0.1, 0.15) is 17.3 Å². The lowest BCUT2D eigenvalue weighted by atomic mass is 10.2. The molecule has 0 aliphatic carbocycles.